The molecule has 0 spiro atoms. The van der Waals surface area contributed by atoms with E-state index in [-0.39, 0.29) is 6.04 Å². The van der Waals surface area contributed by atoms with Gasteiger partial charge in [-0.2, -0.15) is 5.10 Å². The number of nitrogens with zero attached hydrogens (tertiary/aromatic N) is 2. The highest BCUT2D eigenvalue weighted by Gasteiger charge is 2.26. The van der Waals surface area contributed by atoms with Gasteiger partial charge in [-0.1, -0.05) is 19.1 Å². The minimum absolute atomic E-state index is 0.116. The highest BCUT2D eigenvalue weighted by Crippen LogP contribution is 2.27. The Morgan fingerprint density at radius 1 is 1.24 bits per heavy atom. The standard InChI is InChI=1S/C18H20N4O2S/c1-2-12-3-6-15(7-4-12)25(23,24)22-14-5-8-16-13(9-14)10-19-18-17(16)11-20-21-18/h3-4,6-7,10-11,14,22H,2,5,8-9H2,1H3,(H,19,20,21). The lowest BCUT2D eigenvalue weighted by Crippen LogP contribution is -2.38. The molecule has 3 aromatic rings. The van der Waals surface area contributed by atoms with Gasteiger partial charge in [0.05, 0.1) is 11.1 Å². The monoisotopic (exact) mass is 356 g/mol. The van der Waals surface area contributed by atoms with Gasteiger partial charge >= 0.3 is 0 Å². The summed E-state index contributed by atoms with van der Waals surface area (Å²) < 4.78 is 28.1. The van der Waals surface area contributed by atoms with Crippen LogP contribution in [0.3, 0.4) is 0 Å². The molecule has 4 rings (SSSR count). The highest BCUT2D eigenvalue weighted by atomic mass is 32.2. The fraction of sp³-hybridized carbons (Fsp3) is 0.333. The van der Waals surface area contributed by atoms with Crippen molar-refractivity contribution >= 4 is 21.1 Å². The summed E-state index contributed by atoms with van der Waals surface area (Å²) in [6.45, 7) is 2.05. The second-order valence-corrected chi connectivity index (χ2v) is 8.17. The molecule has 0 saturated heterocycles. The maximum atomic E-state index is 12.6. The van der Waals surface area contributed by atoms with E-state index < -0.39 is 10.0 Å². The second-order valence-electron chi connectivity index (χ2n) is 6.45. The number of benzene rings is 1. The molecule has 0 bridgehead atoms. The lowest BCUT2D eigenvalue weighted by atomic mass is 9.88. The average Bonchev–Trinajstić information content (AvgIpc) is 3.10. The third-order valence-corrected chi connectivity index (χ3v) is 6.39. The first-order valence-electron chi connectivity index (χ1n) is 8.48. The average molecular weight is 356 g/mol. The molecular weight excluding hydrogens is 336 g/mol. The molecule has 7 heteroatoms. The first kappa shape index (κ1) is 16.2. The summed E-state index contributed by atoms with van der Waals surface area (Å²) in [5.74, 6) is 0. The van der Waals surface area contributed by atoms with Gasteiger partial charge in [0.1, 0.15) is 0 Å². The molecule has 0 radical (unpaired) electrons. The lowest BCUT2D eigenvalue weighted by molar-refractivity contribution is 0.508. The Morgan fingerprint density at radius 3 is 2.80 bits per heavy atom. The Balaban J connectivity index is 1.55. The van der Waals surface area contributed by atoms with E-state index in [0.29, 0.717) is 11.3 Å². The van der Waals surface area contributed by atoms with Crippen molar-refractivity contribution in [2.45, 2.75) is 43.5 Å². The van der Waals surface area contributed by atoms with E-state index in [1.54, 1.807) is 18.3 Å². The molecule has 25 heavy (non-hydrogen) atoms. The van der Waals surface area contributed by atoms with Crippen LogP contribution in [0.25, 0.3) is 11.0 Å². The summed E-state index contributed by atoms with van der Waals surface area (Å²) in [6.07, 6.45) is 6.74. The molecule has 1 atom stereocenters. The third kappa shape index (κ3) is 3.05. The number of hydrogen-bond donors (Lipinski definition) is 2. The summed E-state index contributed by atoms with van der Waals surface area (Å²) in [6, 6.07) is 6.96. The molecule has 0 amide bonds. The Labute approximate surface area is 146 Å². The van der Waals surface area contributed by atoms with Crippen LogP contribution in [0.5, 0.6) is 0 Å². The molecule has 1 aliphatic rings. The van der Waals surface area contributed by atoms with E-state index in [1.807, 2.05) is 25.3 Å². The molecule has 6 nitrogen and oxygen atoms in total. The van der Waals surface area contributed by atoms with Crippen molar-refractivity contribution in [2.24, 2.45) is 0 Å². The lowest BCUT2D eigenvalue weighted by Gasteiger charge is -2.25. The van der Waals surface area contributed by atoms with E-state index in [1.165, 1.54) is 5.56 Å². The zero-order chi connectivity index (χ0) is 17.4. The van der Waals surface area contributed by atoms with E-state index in [2.05, 4.69) is 19.9 Å². The largest absolute Gasteiger partial charge is 0.261 e. The number of nitrogens with one attached hydrogen (secondary N) is 2. The Hall–Kier alpha value is -2.25. The number of fused-ring (bicyclic) bond motifs is 3. The number of pyridine rings is 1. The molecule has 0 saturated carbocycles. The Kier molecular flexibility index (Phi) is 4.05. The predicted molar refractivity (Wildman–Crippen MR) is 95.8 cm³/mol. The molecule has 2 aromatic heterocycles. The number of hydrogen-bond acceptors (Lipinski definition) is 4. The van der Waals surface area contributed by atoms with Gasteiger partial charge < -0.3 is 0 Å². The van der Waals surface area contributed by atoms with Gasteiger partial charge in [-0.3, -0.25) is 5.10 Å². The van der Waals surface area contributed by atoms with Crippen LogP contribution in [0.1, 0.15) is 30.0 Å². The highest BCUT2D eigenvalue weighted by molar-refractivity contribution is 7.89. The second kappa shape index (κ2) is 6.24. The van der Waals surface area contributed by atoms with Crippen molar-refractivity contribution in [1.82, 2.24) is 19.9 Å². The van der Waals surface area contributed by atoms with E-state index in [0.717, 1.165) is 41.4 Å². The molecule has 1 aromatic carbocycles. The van der Waals surface area contributed by atoms with Crippen LogP contribution >= 0.6 is 0 Å². The summed E-state index contributed by atoms with van der Waals surface area (Å²) in [5.41, 5.74) is 4.23. The molecule has 2 N–H and O–H groups in total. The summed E-state index contributed by atoms with van der Waals surface area (Å²) in [4.78, 5) is 4.69. The normalized spacial score (nSPS) is 17.6. The van der Waals surface area contributed by atoms with Crippen LogP contribution in [0.4, 0.5) is 0 Å². The fourth-order valence-electron chi connectivity index (χ4n) is 3.44. The third-order valence-electron chi connectivity index (χ3n) is 4.85. The van der Waals surface area contributed by atoms with Gasteiger partial charge in [-0.15, -0.1) is 0 Å². The summed E-state index contributed by atoms with van der Waals surface area (Å²) >= 11 is 0. The SMILES string of the molecule is CCc1ccc(S(=O)(=O)NC2CCc3c(cnc4[nH]ncc34)C2)cc1. The van der Waals surface area contributed by atoms with Gasteiger partial charge in [0.25, 0.3) is 0 Å². The number of aromatic nitrogens is 3. The maximum absolute atomic E-state index is 12.6. The van der Waals surface area contributed by atoms with E-state index >= 15 is 0 Å². The minimum atomic E-state index is -3.51. The van der Waals surface area contributed by atoms with Gasteiger partial charge in [-0.25, -0.2) is 18.1 Å². The van der Waals surface area contributed by atoms with Crippen LogP contribution in [0.2, 0.25) is 0 Å². The zero-order valence-electron chi connectivity index (χ0n) is 14.0. The molecule has 130 valence electrons. The predicted octanol–water partition coefficient (Wildman–Crippen LogP) is 2.36. The minimum Gasteiger partial charge on any atom is -0.261 e. The molecule has 1 aliphatic carbocycles. The van der Waals surface area contributed by atoms with Crippen molar-refractivity contribution in [2.75, 3.05) is 0 Å². The smallest absolute Gasteiger partial charge is 0.240 e. The molecule has 0 fully saturated rings. The first-order chi connectivity index (χ1) is 12.1. The first-order valence-corrected chi connectivity index (χ1v) is 9.96. The van der Waals surface area contributed by atoms with Crippen LogP contribution in [-0.2, 0) is 29.3 Å². The number of sulfonamides is 1. The van der Waals surface area contributed by atoms with E-state index in [4.69, 9.17) is 0 Å². The van der Waals surface area contributed by atoms with Crippen LogP contribution in [-0.4, -0.2) is 29.6 Å². The fourth-order valence-corrected chi connectivity index (χ4v) is 4.71. The van der Waals surface area contributed by atoms with Gasteiger partial charge in [0.2, 0.25) is 10.0 Å². The number of rotatable bonds is 4. The van der Waals surface area contributed by atoms with Gasteiger partial charge in [-0.05, 0) is 54.5 Å². The number of aryl methyl sites for hydroxylation is 2. The van der Waals surface area contributed by atoms with Crippen LogP contribution in [0.15, 0.2) is 41.6 Å². The van der Waals surface area contributed by atoms with Gasteiger partial charge in [0.15, 0.2) is 5.65 Å². The Morgan fingerprint density at radius 2 is 2.04 bits per heavy atom. The van der Waals surface area contributed by atoms with Gasteiger partial charge in [0, 0.05) is 17.6 Å². The zero-order valence-corrected chi connectivity index (χ0v) is 14.8. The quantitative estimate of drug-likeness (QED) is 0.751. The maximum Gasteiger partial charge on any atom is 0.240 e. The number of H-pyrrole nitrogens is 1. The summed E-state index contributed by atoms with van der Waals surface area (Å²) in [5, 5.41) is 7.96. The van der Waals surface area contributed by atoms with Crippen molar-refractivity contribution in [1.29, 1.82) is 0 Å². The summed E-state index contributed by atoms with van der Waals surface area (Å²) in [7, 11) is -3.51. The molecule has 0 aliphatic heterocycles. The topological polar surface area (TPSA) is 87.7 Å². The van der Waals surface area contributed by atoms with Crippen LogP contribution < -0.4 is 4.72 Å². The van der Waals surface area contributed by atoms with E-state index in [9.17, 15) is 8.42 Å². The Bertz CT molecular complexity index is 1010. The van der Waals surface area contributed by atoms with Crippen molar-refractivity contribution in [3.63, 3.8) is 0 Å². The number of aromatic amines is 1. The van der Waals surface area contributed by atoms with Crippen molar-refractivity contribution in [3.05, 3.63) is 53.3 Å². The van der Waals surface area contributed by atoms with Crippen molar-refractivity contribution < 1.29 is 8.42 Å². The molecular formula is C18H20N4O2S. The molecule has 1 unspecified atom stereocenters. The van der Waals surface area contributed by atoms with Crippen molar-refractivity contribution in [3.8, 4) is 0 Å². The molecule has 2 heterocycles. The van der Waals surface area contributed by atoms with Crippen LogP contribution in [0, 0.1) is 0 Å².